The number of aromatic nitrogens is 1. The summed E-state index contributed by atoms with van der Waals surface area (Å²) in [6.45, 7) is 2.10. The van der Waals surface area contributed by atoms with E-state index in [2.05, 4.69) is 70.6 Å². The largest absolute Gasteiger partial charge is 0.369 e. The average Bonchev–Trinajstić information content (AvgIpc) is 3.00. The van der Waals surface area contributed by atoms with E-state index in [1.54, 1.807) is 0 Å². The molecule has 4 rings (SSSR count). The highest BCUT2D eigenvalue weighted by Crippen LogP contribution is 2.37. The molecule has 2 nitrogen and oxygen atoms in total. The van der Waals surface area contributed by atoms with Crippen LogP contribution < -0.4 is 4.90 Å². The van der Waals surface area contributed by atoms with Gasteiger partial charge in [-0.05, 0) is 30.0 Å². The first kappa shape index (κ1) is 13.3. The molecule has 0 saturated heterocycles. The van der Waals surface area contributed by atoms with Gasteiger partial charge in [-0.3, -0.25) is 4.98 Å². The molecule has 1 atom stereocenters. The number of fused-ring (bicyclic) bond motifs is 1. The van der Waals surface area contributed by atoms with Crippen molar-refractivity contribution in [3.8, 4) is 0 Å². The number of nitrogens with zero attached hydrogens (tertiary/aromatic N) is 2. The van der Waals surface area contributed by atoms with E-state index in [-0.39, 0.29) is 5.41 Å². The highest BCUT2D eigenvalue weighted by atomic mass is 15.2. The predicted molar refractivity (Wildman–Crippen MR) is 91.2 cm³/mol. The van der Waals surface area contributed by atoms with Crippen LogP contribution in [-0.4, -0.2) is 18.1 Å². The van der Waals surface area contributed by atoms with Gasteiger partial charge >= 0.3 is 0 Å². The van der Waals surface area contributed by atoms with Crippen molar-refractivity contribution < 1.29 is 0 Å². The Labute approximate surface area is 131 Å². The minimum atomic E-state index is 0.0630. The van der Waals surface area contributed by atoms with Crippen molar-refractivity contribution in [1.29, 1.82) is 0 Å². The van der Waals surface area contributed by atoms with Crippen molar-refractivity contribution >= 4 is 5.69 Å². The van der Waals surface area contributed by atoms with Gasteiger partial charge in [0, 0.05) is 24.7 Å². The summed E-state index contributed by atoms with van der Waals surface area (Å²) in [5, 5.41) is 0. The Kier molecular flexibility index (Phi) is 3.30. The number of allylic oxidation sites excluding steroid dienone is 3. The average molecular weight is 288 g/mol. The van der Waals surface area contributed by atoms with Crippen molar-refractivity contribution in [2.45, 2.75) is 18.3 Å². The summed E-state index contributed by atoms with van der Waals surface area (Å²) in [7, 11) is 0. The molecule has 0 radical (unpaired) electrons. The molecular weight excluding hydrogens is 268 g/mol. The fourth-order valence-electron chi connectivity index (χ4n) is 3.65. The van der Waals surface area contributed by atoms with Crippen LogP contribution in [0.25, 0.3) is 0 Å². The molecule has 0 bridgehead atoms. The normalized spacial score (nSPS) is 22.8. The number of benzene rings is 1. The Morgan fingerprint density at radius 2 is 2.00 bits per heavy atom. The van der Waals surface area contributed by atoms with Gasteiger partial charge in [-0.1, -0.05) is 54.6 Å². The van der Waals surface area contributed by atoms with E-state index < -0.39 is 0 Å². The van der Waals surface area contributed by atoms with Crippen molar-refractivity contribution in [2.75, 3.05) is 18.0 Å². The predicted octanol–water partition coefficient (Wildman–Crippen LogP) is 3.90. The molecule has 2 aliphatic rings. The molecule has 1 aromatic heterocycles. The van der Waals surface area contributed by atoms with Crippen LogP contribution in [0, 0.1) is 0 Å². The number of hydrogen-bond donors (Lipinski definition) is 0. The summed E-state index contributed by atoms with van der Waals surface area (Å²) in [4.78, 5) is 6.82. The van der Waals surface area contributed by atoms with E-state index in [1.807, 2.05) is 12.4 Å². The fourth-order valence-corrected chi connectivity index (χ4v) is 3.65. The molecule has 2 heteroatoms. The molecule has 110 valence electrons. The van der Waals surface area contributed by atoms with E-state index in [1.165, 1.54) is 16.8 Å². The SMILES string of the molecule is C1=CCC(CN2CCc3ccncc32)(c2ccccc2)C=C1. The van der Waals surface area contributed by atoms with Gasteiger partial charge in [0.2, 0.25) is 0 Å². The lowest BCUT2D eigenvalue weighted by Crippen LogP contribution is -2.39. The second-order valence-electron chi connectivity index (χ2n) is 6.19. The van der Waals surface area contributed by atoms with E-state index in [0.717, 1.165) is 25.9 Å². The summed E-state index contributed by atoms with van der Waals surface area (Å²) in [5.41, 5.74) is 4.19. The second-order valence-corrected chi connectivity index (χ2v) is 6.19. The van der Waals surface area contributed by atoms with Crippen LogP contribution in [0.1, 0.15) is 17.5 Å². The molecule has 2 aromatic rings. The lowest BCUT2D eigenvalue weighted by molar-refractivity contribution is 0.526. The van der Waals surface area contributed by atoms with Crippen LogP contribution in [0.5, 0.6) is 0 Å². The maximum atomic E-state index is 4.32. The Hall–Kier alpha value is -2.35. The second kappa shape index (κ2) is 5.45. The molecule has 0 N–H and O–H groups in total. The van der Waals surface area contributed by atoms with Crippen LogP contribution in [0.15, 0.2) is 73.1 Å². The zero-order valence-corrected chi connectivity index (χ0v) is 12.7. The maximum absolute atomic E-state index is 4.32. The molecule has 1 aliphatic carbocycles. The number of hydrogen-bond acceptors (Lipinski definition) is 2. The van der Waals surface area contributed by atoms with Gasteiger partial charge in [0.15, 0.2) is 0 Å². The van der Waals surface area contributed by atoms with Gasteiger partial charge in [0.25, 0.3) is 0 Å². The zero-order chi connectivity index (χ0) is 14.8. The summed E-state index contributed by atoms with van der Waals surface area (Å²) in [6, 6.07) is 13.0. The van der Waals surface area contributed by atoms with Crippen LogP contribution in [-0.2, 0) is 11.8 Å². The molecule has 1 unspecified atom stereocenters. The Morgan fingerprint density at radius 1 is 1.09 bits per heavy atom. The van der Waals surface area contributed by atoms with Gasteiger partial charge in [-0.25, -0.2) is 0 Å². The van der Waals surface area contributed by atoms with Gasteiger partial charge in [0.05, 0.1) is 11.9 Å². The van der Waals surface area contributed by atoms with Crippen molar-refractivity contribution in [3.63, 3.8) is 0 Å². The third-order valence-corrected chi connectivity index (χ3v) is 4.85. The van der Waals surface area contributed by atoms with Gasteiger partial charge < -0.3 is 4.90 Å². The number of anilines is 1. The summed E-state index contributed by atoms with van der Waals surface area (Å²) < 4.78 is 0. The van der Waals surface area contributed by atoms with Crippen LogP contribution >= 0.6 is 0 Å². The molecule has 0 amide bonds. The zero-order valence-electron chi connectivity index (χ0n) is 12.7. The Morgan fingerprint density at radius 3 is 2.82 bits per heavy atom. The lowest BCUT2D eigenvalue weighted by Gasteiger charge is -2.37. The fraction of sp³-hybridized carbons (Fsp3) is 0.250. The smallest absolute Gasteiger partial charge is 0.0586 e. The van der Waals surface area contributed by atoms with Gasteiger partial charge in [-0.15, -0.1) is 0 Å². The molecule has 0 fully saturated rings. The Balaban J connectivity index is 1.69. The summed E-state index contributed by atoms with van der Waals surface area (Å²) >= 11 is 0. The highest BCUT2D eigenvalue weighted by Gasteiger charge is 2.33. The molecule has 22 heavy (non-hydrogen) atoms. The molecule has 2 heterocycles. The quantitative estimate of drug-likeness (QED) is 0.851. The van der Waals surface area contributed by atoms with E-state index in [9.17, 15) is 0 Å². The first-order valence-corrected chi connectivity index (χ1v) is 7.95. The minimum absolute atomic E-state index is 0.0630. The first-order chi connectivity index (χ1) is 10.9. The van der Waals surface area contributed by atoms with Crippen molar-refractivity contribution in [1.82, 2.24) is 4.98 Å². The molecule has 0 saturated carbocycles. The van der Waals surface area contributed by atoms with Crippen molar-refractivity contribution in [3.05, 3.63) is 84.2 Å². The molecular formula is C20H20N2. The molecule has 0 spiro atoms. The van der Waals surface area contributed by atoms with E-state index in [4.69, 9.17) is 0 Å². The maximum Gasteiger partial charge on any atom is 0.0586 e. The standard InChI is InChI=1S/C20H20N2/c1-3-7-18(8-4-1)20(11-5-2-6-12-20)16-22-14-10-17-9-13-21-15-19(17)22/h1-9,11,13,15H,10,12,14,16H2. The third-order valence-electron chi connectivity index (χ3n) is 4.85. The Bertz CT molecular complexity index is 717. The number of rotatable bonds is 3. The van der Waals surface area contributed by atoms with Crippen LogP contribution in [0.2, 0.25) is 0 Å². The lowest BCUT2D eigenvalue weighted by atomic mass is 9.75. The van der Waals surface area contributed by atoms with Crippen molar-refractivity contribution in [2.24, 2.45) is 0 Å². The molecule has 1 aliphatic heterocycles. The topological polar surface area (TPSA) is 16.1 Å². The van der Waals surface area contributed by atoms with E-state index >= 15 is 0 Å². The third kappa shape index (κ3) is 2.25. The monoisotopic (exact) mass is 288 g/mol. The van der Waals surface area contributed by atoms with Crippen LogP contribution in [0.4, 0.5) is 5.69 Å². The summed E-state index contributed by atoms with van der Waals surface area (Å²) in [5.74, 6) is 0. The summed E-state index contributed by atoms with van der Waals surface area (Å²) in [6.07, 6.45) is 15.1. The van der Waals surface area contributed by atoms with Gasteiger partial charge in [-0.2, -0.15) is 0 Å². The van der Waals surface area contributed by atoms with Gasteiger partial charge in [0.1, 0.15) is 0 Å². The first-order valence-electron chi connectivity index (χ1n) is 7.95. The highest BCUT2D eigenvalue weighted by molar-refractivity contribution is 5.57. The van der Waals surface area contributed by atoms with E-state index in [0.29, 0.717) is 0 Å². The molecule has 1 aromatic carbocycles. The van der Waals surface area contributed by atoms with Crippen LogP contribution in [0.3, 0.4) is 0 Å². The minimum Gasteiger partial charge on any atom is -0.369 e. The number of pyridine rings is 1.